The molecule has 0 unspecified atom stereocenters. The molecule has 26 heavy (non-hydrogen) atoms. The molecule has 5 heteroatoms. The molecule has 0 fully saturated rings. The third kappa shape index (κ3) is 1.80. The van der Waals surface area contributed by atoms with Gasteiger partial charge < -0.3 is 5.73 Å². The number of anilines is 1. The van der Waals surface area contributed by atoms with Gasteiger partial charge in [0, 0.05) is 32.3 Å². The van der Waals surface area contributed by atoms with Crippen LogP contribution in [0.25, 0.3) is 20.2 Å². The van der Waals surface area contributed by atoms with Gasteiger partial charge in [0.1, 0.15) is 0 Å². The maximum Gasteiger partial charge on any atom is 0.196 e. The summed E-state index contributed by atoms with van der Waals surface area (Å²) in [6.45, 7) is 0. The van der Waals surface area contributed by atoms with Gasteiger partial charge in [-0.05, 0) is 18.2 Å². The molecule has 0 atom stereocenters. The molecule has 124 valence electrons. The number of benzene rings is 3. The average molecular weight is 357 g/mol. The van der Waals surface area contributed by atoms with Crippen LogP contribution in [0.3, 0.4) is 0 Å². The van der Waals surface area contributed by atoms with Gasteiger partial charge in [-0.1, -0.05) is 36.4 Å². The van der Waals surface area contributed by atoms with E-state index in [1.807, 2.05) is 12.1 Å². The number of carbonyl (C=O) groups is 2. The van der Waals surface area contributed by atoms with Crippen molar-refractivity contribution in [2.24, 2.45) is 0 Å². The number of hydrogen-bond donors (Lipinski definition) is 1. The fourth-order valence-electron chi connectivity index (χ4n) is 3.57. The highest BCUT2D eigenvalue weighted by Crippen LogP contribution is 2.38. The van der Waals surface area contributed by atoms with Crippen molar-refractivity contribution in [3.63, 3.8) is 0 Å². The third-order valence-electron chi connectivity index (χ3n) is 4.77. The van der Waals surface area contributed by atoms with Gasteiger partial charge in [0.25, 0.3) is 0 Å². The number of nitrogens with two attached hydrogens (primary N) is 1. The summed E-state index contributed by atoms with van der Waals surface area (Å²) in [5.74, 6) is -0.541. The molecule has 3 aromatic carbocycles. The Kier molecular flexibility index (Phi) is 2.94. The second-order valence-electron chi connectivity index (χ2n) is 6.22. The van der Waals surface area contributed by atoms with E-state index in [0.717, 1.165) is 4.70 Å². The summed E-state index contributed by atoms with van der Waals surface area (Å²) in [5, 5.41) is 0.963. The standard InChI is InChI=1S/C21H11NO3S/c22-14-9-13-18(23)12-7-3-4-8-15(12)26-21(13)17-16(14)19(24)10-5-1-2-6-11(10)20(17)25/h1-9H,22H2. The molecule has 1 heterocycles. The first-order valence-corrected chi connectivity index (χ1v) is 8.86. The van der Waals surface area contributed by atoms with Crippen molar-refractivity contribution < 1.29 is 9.59 Å². The predicted octanol–water partition coefficient (Wildman–Crippen LogP) is 3.77. The van der Waals surface area contributed by atoms with Crippen molar-refractivity contribution in [1.82, 2.24) is 0 Å². The molecular weight excluding hydrogens is 346 g/mol. The van der Waals surface area contributed by atoms with Crippen molar-refractivity contribution in [2.75, 3.05) is 5.73 Å². The van der Waals surface area contributed by atoms with Crippen molar-refractivity contribution in [3.05, 3.63) is 87.1 Å². The van der Waals surface area contributed by atoms with Crippen molar-refractivity contribution in [3.8, 4) is 0 Å². The molecule has 0 amide bonds. The molecular formula is C21H11NO3S. The van der Waals surface area contributed by atoms with Crippen LogP contribution in [-0.2, 0) is 0 Å². The first-order valence-electron chi connectivity index (χ1n) is 8.04. The van der Waals surface area contributed by atoms with Gasteiger partial charge in [0.15, 0.2) is 17.0 Å². The van der Waals surface area contributed by atoms with Gasteiger partial charge in [-0.25, -0.2) is 0 Å². The summed E-state index contributed by atoms with van der Waals surface area (Å²) in [5.41, 5.74) is 7.26. The Hall–Kier alpha value is -3.31. The van der Waals surface area contributed by atoms with Crippen LogP contribution in [0.1, 0.15) is 31.8 Å². The van der Waals surface area contributed by atoms with Crippen LogP contribution >= 0.6 is 11.3 Å². The Morgan fingerprint density at radius 3 is 2.08 bits per heavy atom. The second kappa shape index (κ2) is 5.09. The van der Waals surface area contributed by atoms with Crippen LogP contribution in [0.4, 0.5) is 5.69 Å². The second-order valence-corrected chi connectivity index (χ2v) is 7.28. The molecule has 1 aromatic heterocycles. The van der Waals surface area contributed by atoms with Crippen molar-refractivity contribution >= 4 is 48.8 Å². The van der Waals surface area contributed by atoms with Crippen LogP contribution in [0, 0.1) is 0 Å². The molecule has 0 radical (unpaired) electrons. The molecule has 5 rings (SSSR count). The Labute approximate surface area is 151 Å². The van der Waals surface area contributed by atoms with Gasteiger partial charge in [-0.2, -0.15) is 0 Å². The van der Waals surface area contributed by atoms with Gasteiger partial charge >= 0.3 is 0 Å². The molecule has 1 aliphatic rings. The topological polar surface area (TPSA) is 77.2 Å². The molecule has 4 nitrogen and oxygen atoms in total. The average Bonchev–Trinajstić information content (AvgIpc) is 2.66. The Morgan fingerprint density at radius 2 is 1.35 bits per heavy atom. The van der Waals surface area contributed by atoms with Crippen molar-refractivity contribution in [2.45, 2.75) is 0 Å². The Morgan fingerprint density at radius 1 is 0.731 bits per heavy atom. The smallest absolute Gasteiger partial charge is 0.196 e. The molecule has 0 saturated heterocycles. The van der Waals surface area contributed by atoms with E-state index in [0.29, 0.717) is 26.6 Å². The lowest BCUT2D eigenvalue weighted by Gasteiger charge is -2.20. The quantitative estimate of drug-likeness (QED) is 0.338. The van der Waals surface area contributed by atoms with E-state index >= 15 is 0 Å². The molecule has 2 N–H and O–H groups in total. The molecule has 0 saturated carbocycles. The first kappa shape index (κ1) is 15.0. The highest BCUT2D eigenvalue weighted by Gasteiger charge is 2.33. The van der Waals surface area contributed by atoms with E-state index in [4.69, 9.17) is 5.73 Å². The molecule has 0 spiro atoms. The zero-order chi connectivity index (χ0) is 18.0. The summed E-state index contributed by atoms with van der Waals surface area (Å²) in [7, 11) is 0. The lowest BCUT2D eigenvalue weighted by atomic mass is 9.82. The fraction of sp³-hybridized carbons (Fsp3) is 0. The highest BCUT2D eigenvalue weighted by molar-refractivity contribution is 7.25. The van der Waals surface area contributed by atoms with E-state index in [2.05, 4.69) is 0 Å². The largest absolute Gasteiger partial charge is 0.398 e. The van der Waals surface area contributed by atoms with E-state index in [9.17, 15) is 14.4 Å². The minimum atomic E-state index is -0.276. The first-order chi connectivity index (χ1) is 12.6. The zero-order valence-corrected chi connectivity index (χ0v) is 14.2. The summed E-state index contributed by atoms with van der Waals surface area (Å²) in [6, 6.07) is 15.5. The van der Waals surface area contributed by atoms with E-state index < -0.39 is 0 Å². The SMILES string of the molecule is Nc1cc2c(=O)c3ccccc3sc2c2c1C(=O)c1ccccc1C2=O. The van der Waals surface area contributed by atoms with Crippen LogP contribution in [0.15, 0.2) is 59.4 Å². The number of carbonyl (C=O) groups excluding carboxylic acids is 2. The van der Waals surface area contributed by atoms with Crippen LogP contribution in [-0.4, -0.2) is 11.6 Å². The van der Waals surface area contributed by atoms with E-state index in [1.54, 1.807) is 36.4 Å². The van der Waals surface area contributed by atoms with Gasteiger partial charge in [0.2, 0.25) is 0 Å². The van der Waals surface area contributed by atoms with Gasteiger partial charge in [-0.3, -0.25) is 14.4 Å². The molecule has 4 aromatic rings. The maximum atomic E-state index is 13.2. The fourth-order valence-corrected chi connectivity index (χ4v) is 4.76. The number of hydrogen-bond acceptors (Lipinski definition) is 5. The molecule has 1 aliphatic carbocycles. The number of nitrogen functional groups attached to an aromatic ring is 1. The van der Waals surface area contributed by atoms with Gasteiger partial charge in [0.05, 0.1) is 15.8 Å². The van der Waals surface area contributed by atoms with Crippen LogP contribution < -0.4 is 11.2 Å². The van der Waals surface area contributed by atoms with E-state index in [-0.39, 0.29) is 33.8 Å². The van der Waals surface area contributed by atoms with Crippen LogP contribution in [0.2, 0.25) is 0 Å². The zero-order valence-electron chi connectivity index (χ0n) is 13.4. The number of rotatable bonds is 0. The molecule has 0 bridgehead atoms. The van der Waals surface area contributed by atoms with E-state index in [1.165, 1.54) is 17.4 Å². The Balaban J connectivity index is 2.01. The Bertz CT molecular complexity index is 1350. The lowest BCUT2D eigenvalue weighted by Crippen LogP contribution is -2.23. The third-order valence-corrected chi connectivity index (χ3v) is 5.97. The van der Waals surface area contributed by atoms with Crippen molar-refractivity contribution in [1.29, 1.82) is 0 Å². The lowest BCUT2D eigenvalue weighted by molar-refractivity contribution is 0.0981. The number of ketones is 2. The predicted molar refractivity (Wildman–Crippen MR) is 103 cm³/mol. The number of fused-ring (bicyclic) bond motifs is 5. The monoisotopic (exact) mass is 357 g/mol. The van der Waals surface area contributed by atoms with Crippen LogP contribution in [0.5, 0.6) is 0 Å². The summed E-state index contributed by atoms with van der Waals surface area (Å²) in [4.78, 5) is 39.0. The minimum Gasteiger partial charge on any atom is -0.398 e. The summed E-state index contributed by atoms with van der Waals surface area (Å²) >= 11 is 1.34. The summed E-state index contributed by atoms with van der Waals surface area (Å²) < 4.78 is 1.29. The summed E-state index contributed by atoms with van der Waals surface area (Å²) in [6.07, 6.45) is 0. The normalized spacial score (nSPS) is 13.1. The minimum absolute atomic E-state index is 0.167. The maximum absolute atomic E-state index is 13.2. The molecule has 0 aliphatic heterocycles. The highest BCUT2D eigenvalue weighted by atomic mass is 32.1. The van der Waals surface area contributed by atoms with Gasteiger partial charge in [-0.15, -0.1) is 11.3 Å².